The molecule has 2 rings (SSSR count). The van der Waals surface area contributed by atoms with Crippen molar-refractivity contribution in [2.45, 2.75) is 0 Å². The summed E-state index contributed by atoms with van der Waals surface area (Å²) in [6.07, 6.45) is 1.59. The summed E-state index contributed by atoms with van der Waals surface area (Å²) in [7, 11) is 0. The summed E-state index contributed by atoms with van der Waals surface area (Å²) in [5.74, 6) is -0.133. The first-order valence-corrected chi connectivity index (χ1v) is 6.99. The Hall–Kier alpha value is -1.79. The van der Waals surface area contributed by atoms with Crippen LogP contribution in [0.5, 0.6) is 0 Å². The predicted molar refractivity (Wildman–Crippen MR) is 82.3 cm³/mol. The Morgan fingerprint density at radius 1 is 1.50 bits per heavy atom. The van der Waals surface area contributed by atoms with Crippen molar-refractivity contribution in [3.63, 3.8) is 0 Å². The minimum Gasteiger partial charge on any atom is -0.316 e. The maximum absolute atomic E-state index is 11.9. The first kappa shape index (κ1) is 14.6. The monoisotopic (exact) mass is 309 g/mol. The maximum atomic E-state index is 11.9. The van der Waals surface area contributed by atoms with Crippen molar-refractivity contribution in [3.05, 3.63) is 41.9 Å². The van der Waals surface area contributed by atoms with E-state index < -0.39 is 0 Å². The summed E-state index contributed by atoms with van der Waals surface area (Å²) < 4.78 is 0. The van der Waals surface area contributed by atoms with Crippen LogP contribution in [0.15, 0.2) is 41.9 Å². The second-order valence-electron chi connectivity index (χ2n) is 3.91. The number of amides is 2. The summed E-state index contributed by atoms with van der Waals surface area (Å²) in [4.78, 5) is 28.9. The Kier molecular flexibility index (Phi) is 4.81. The molecule has 1 heterocycles. The number of thioether (sulfide) groups is 1. The van der Waals surface area contributed by atoms with Gasteiger partial charge in [0.1, 0.15) is 6.54 Å². The molecular formula is C13H12ClN3O2S. The quantitative estimate of drug-likeness (QED) is 0.873. The van der Waals surface area contributed by atoms with Crippen LogP contribution in [0, 0.1) is 0 Å². The molecule has 7 heteroatoms. The van der Waals surface area contributed by atoms with Crippen LogP contribution in [-0.2, 0) is 4.79 Å². The molecule has 20 heavy (non-hydrogen) atoms. The van der Waals surface area contributed by atoms with Crippen LogP contribution < -0.4 is 5.32 Å². The number of carbonyl (C=O) groups excluding carboxylic acids is 2. The summed E-state index contributed by atoms with van der Waals surface area (Å²) in [6.45, 7) is 4.00. The number of hydrogen-bond donors (Lipinski definition) is 1. The smallest absolute Gasteiger partial charge is 0.291 e. The molecule has 0 radical (unpaired) electrons. The third-order valence-electron chi connectivity index (χ3n) is 2.47. The highest BCUT2D eigenvalue weighted by Crippen LogP contribution is 2.19. The van der Waals surface area contributed by atoms with Crippen molar-refractivity contribution >= 4 is 45.4 Å². The summed E-state index contributed by atoms with van der Waals surface area (Å²) >= 11 is 6.65. The van der Waals surface area contributed by atoms with Gasteiger partial charge < -0.3 is 5.32 Å². The van der Waals surface area contributed by atoms with Gasteiger partial charge in [0.2, 0.25) is 0 Å². The van der Waals surface area contributed by atoms with Crippen molar-refractivity contribution in [2.75, 3.05) is 18.4 Å². The first-order chi connectivity index (χ1) is 9.60. The molecule has 1 aliphatic rings. The van der Waals surface area contributed by atoms with E-state index in [-0.39, 0.29) is 17.7 Å². The molecule has 5 nitrogen and oxygen atoms in total. The fraction of sp³-hybridized carbons (Fsp3) is 0.154. The van der Waals surface area contributed by atoms with Crippen molar-refractivity contribution < 1.29 is 9.59 Å². The molecule has 0 aliphatic carbocycles. The zero-order chi connectivity index (χ0) is 14.5. The second-order valence-corrected chi connectivity index (χ2v) is 5.29. The van der Waals surface area contributed by atoms with Crippen LogP contribution in [0.4, 0.5) is 10.5 Å². The molecule has 0 saturated carbocycles. The van der Waals surface area contributed by atoms with Gasteiger partial charge in [0.05, 0.1) is 0 Å². The minimum absolute atomic E-state index is 0.0738. The molecule has 0 unspecified atom stereocenters. The number of halogens is 1. The van der Waals surface area contributed by atoms with Crippen molar-refractivity contribution in [1.29, 1.82) is 0 Å². The number of amidine groups is 1. The van der Waals surface area contributed by atoms with Gasteiger partial charge in [-0.1, -0.05) is 17.7 Å². The lowest BCUT2D eigenvalue weighted by Gasteiger charge is -2.15. The van der Waals surface area contributed by atoms with Gasteiger partial charge in [0, 0.05) is 29.0 Å². The third kappa shape index (κ3) is 3.61. The molecule has 0 fully saturated rings. The van der Waals surface area contributed by atoms with Gasteiger partial charge >= 0.3 is 0 Å². The molecule has 0 bridgehead atoms. The number of aliphatic imine (C=N–C) groups is 1. The number of nitrogens with one attached hydrogen (secondary N) is 1. The van der Waals surface area contributed by atoms with Crippen molar-refractivity contribution in [3.8, 4) is 0 Å². The lowest BCUT2D eigenvalue weighted by atomic mass is 10.3. The van der Waals surface area contributed by atoms with Crippen LogP contribution >= 0.6 is 23.4 Å². The van der Waals surface area contributed by atoms with Gasteiger partial charge in [-0.3, -0.25) is 19.5 Å². The number of anilines is 1. The lowest BCUT2D eigenvalue weighted by Crippen LogP contribution is -2.32. The van der Waals surface area contributed by atoms with E-state index in [4.69, 9.17) is 11.6 Å². The summed E-state index contributed by atoms with van der Waals surface area (Å²) in [5, 5.41) is 3.37. The molecule has 2 amide bonds. The standard InChI is InChI=1S/C13H12ClN3O2S/c1-2-7-17-11(18)8-15-12(17)20-13(19)16-10-5-3-9(14)4-6-10/h2-6H,1,7-8H2,(H,16,19). The number of hydrogen-bond acceptors (Lipinski definition) is 4. The summed E-state index contributed by atoms with van der Waals surface area (Å²) in [5.41, 5.74) is 0.632. The highest BCUT2D eigenvalue weighted by atomic mass is 35.5. The van der Waals surface area contributed by atoms with E-state index in [2.05, 4.69) is 16.9 Å². The highest BCUT2D eigenvalue weighted by Gasteiger charge is 2.26. The van der Waals surface area contributed by atoms with Crippen LogP contribution in [0.3, 0.4) is 0 Å². The van der Waals surface area contributed by atoms with Gasteiger partial charge in [-0.25, -0.2) is 0 Å². The van der Waals surface area contributed by atoms with Gasteiger partial charge in [0.15, 0.2) is 5.17 Å². The normalized spacial score (nSPS) is 14.2. The van der Waals surface area contributed by atoms with E-state index in [0.717, 1.165) is 11.8 Å². The maximum Gasteiger partial charge on any atom is 0.291 e. The Bertz CT molecular complexity index is 571. The molecule has 0 aromatic heterocycles. The average Bonchev–Trinajstić information content (AvgIpc) is 2.75. The Balaban J connectivity index is 1.96. The topological polar surface area (TPSA) is 61.8 Å². The fourth-order valence-electron chi connectivity index (χ4n) is 1.57. The van der Waals surface area contributed by atoms with E-state index in [9.17, 15) is 9.59 Å². The van der Waals surface area contributed by atoms with E-state index in [1.807, 2.05) is 0 Å². The Morgan fingerprint density at radius 2 is 2.20 bits per heavy atom. The van der Waals surface area contributed by atoms with Crippen LogP contribution in [0.25, 0.3) is 0 Å². The summed E-state index contributed by atoms with van der Waals surface area (Å²) in [6, 6.07) is 6.76. The van der Waals surface area contributed by atoms with Crippen molar-refractivity contribution in [1.82, 2.24) is 4.90 Å². The zero-order valence-corrected chi connectivity index (χ0v) is 12.1. The Morgan fingerprint density at radius 3 is 2.85 bits per heavy atom. The molecule has 1 aromatic carbocycles. The minimum atomic E-state index is -0.310. The SMILES string of the molecule is C=CCN1C(=O)CN=C1SC(=O)Nc1ccc(Cl)cc1. The number of rotatable bonds is 3. The third-order valence-corrected chi connectivity index (χ3v) is 3.54. The van der Waals surface area contributed by atoms with E-state index >= 15 is 0 Å². The van der Waals surface area contributed by atoms with Gasteiger partial charge in [-0.15, -0.1) is 6.58 Å². The predicted octanol–water partition coefficient (Wildman–Crippen LogP) is 2.99. The van der Waals surface area contributed by atoms with E-state index in [1.54, 1.807) is 30.3 Å². The van der Waals surface area contributed by atoms with Crippen molar-refractivity contribution in [2.24, 2.45) is 4.99 Å². The molecule has 0 atom stereocenters. The first-order valence-electron chi connectivity index (χ1n) is 5.80. The molecule has 0 saturated heterocycles. The molecule has 0 spiro atoms. The van der Waals surface area contributed by atoms with Gasteiger partial charge in [0.25, 0.3) is 11.1 Å². The largest absolute Gasteiger partial charge is 0.316 e. The molecule has 1 aromatic rings. The van der Waals surface area contributed by atoms with Gasteiger partial charge in [-0.05, 0) is 24.3 Å². The zero-order valence-electron chi connectivity index (χ0n) is 10.5. The van der Waals surface area contributed by atoms with Crippen LogP contribution in [0.1, 0.15) is 0 Å². The molecular weight excluding hydrogens is 298 g/mol. The molecule has 1 N–H and O–H groups in total. The molecule has 1 aliphatic heterocycles. The Labute approximate surface area is 125 Å². The lowest BCUT2D eigenvalue weighted by molar-refractivity contribution is -0.124. The molecule has 104 valence electrons. The second kappa shape index (κ2) is 6.58. The van der Waals surface area contributed by atoms with E-state index in [1.165, 1.54) is 4.90 Å². The number of carbonyl (C=O) groups is 2. The number of nitrogens with zero attached hydrogens (tertiary/aromatic N) is 2. The van der Waals surface area contributed by atoms with Crippen LogP contribution in [-0.4, -0.2) is 34.3 Å². The van der Waals surface area contributed by atoms with Gasteiger partial charge in [-0.2, -0.15) is 0 Å². The average molecular weight is 310 g/mol. The van der Waals surface area contributed by atoms with Crippen LogP contribution in [0.2, 0.25) is 5.02 Å². The number of benzene rings is 1. The fourth-order valence-corrected chi connectivity index (χ4v) is 2.44. The van der Waals surface area contributed by atoms with E-state index in [0.29, 0.717) is 22.4 Å². The highest BCUT2D eigenvalue weighted by molar-refractivity contribution is 8.26.